The first-order chi connectivity index (χ1) is 14.4. The monoisotopic (exact) mass is 485 g/mol. The molecule has 0 heterocycles. The number of nitrogens with one attached hydrogen (secondary N) is 1. The fraction of sp³-hybridized carbons (Fsp3) is 0.182. The Hall–Kier alpha value is -1.98. The van der Waals surface area contributed by atoms with Gasteiger partial charge in [0.1, 0.15) is 12.4 Å². The first-order valence-corrected chi connectivity index (χ1v) is 10.4. The van der Waals surface area contributed by atoms with Crippen LogP contribution in [0.5, 0.6) is 17.2 Å². The van der Waals surface area contributed by atoms with Crippen LogP contribution in [0.1, 0.15) is 11.1 Å². The van der Waals surface area contributed by atoms with Gasteiger partial charge in [-0.2, -0.15) is 0 Å². The molecular weight excluding hydrogens is 468 g/mol. The summed E-state index contributed by atoms with van der Waals surface area (Å²) >= 11 is 24.7. The lowest BCUT2D eigenvalue weighted by atomic mass is 10.2. The second-order valence-corrected chi connectivity index (χ2v) is 7.96. The van der Waals surface area contributed by atoms with E-state index in [2.05, 4.69) is 5.32 Å². The SMILES string of the molecule is COc1ccc(NCc2cc(OC)c(OCc3ccc(Cl)c(Cl)c3)cc2Cl)cc1Cl. The highest BCUT2D eigenvalue weighted by Crippen LogP contribution is 2.35. The zero-order chi connectivity index (χ0) is 21.7. The van der Waals surface area contributed by atoms with Crippen molar-refractivity contribution in [2.24, 2.45) is 0 Å². The van der Waals surface area contributed by atoms with Crippen molar-refractivity contribution in [2.75, 3.05) is 19.5 Å². The van der Waals surface area contributed by atoms with Crippen LogP contribution in [0.3, 0.4) is 0 Å². The molecule has 0 unspecified atom stereocenters. The van der Waals surface area contributed by atoms with Gasteiger partial charge < -0.3 is 19.5 Å². The molecule has 1 N–H and O–H groups in total. The maximum absolute atomic E-state index is 6.47. The number of hydrogen-bond acceptors (Lipinski definition) is 4. The van der Waals surface area contributed by atoms with Gasteiger partial charge in [-0.3, -0.25) is 0 Å². The van der Waals surface area contributed by atoms with E-state index in [0.717, 1.165) is 16.8 Å². The molecular formula is C22H19Cl4NO3. The quantitative estimate of drug-likeness (QED) is 0.357. The number of anilines is 1. The first kappa shape index (κ1) is 22.7. The summed E-state index contributed by atoms with van der Waals surface area (Å²) in [5, 5.41) is 5.33. The number of benzene rings is 3. The Balaban J connectivity index is 1.71. The van der Waals surface area contributed by atoms with Crippen molar-refractivity contribution in [2.45, 2.75) is 13.2 Å². The molecule has 0 aliphatic heterocycles. The van der Waals surface area contributed by atoms with Gasteiger partial charge >= 0.3 is 0 Å². The van der Waals surface area contributed by atoms with Crippen molar-refractivity contribution in [1.29, 1.82) is 0 Å². The largest absolute Gasteiger partial charge is 0.495 e. The second-order valence-electron chi connectivity index (χ2n) is 6.33. The first-order valence-electron chi connectivity index (χ1n) is 8.91. The normalized spacial score (nSPS) is 10.6. The lowest BCUT2D eigenvalue weighted by Crippen LogP contribution is -2.03. The van der Waals surface area contributed by atoms with Crippen LogP contribution in [-0.2, 0) is 13.2 Å². The molecule has 0 aliphatic carbocycles. The van der Waals surface area contributed by atoms with Gasteiger partial charge in [0.05, 0.1) is 29.3 Å². The number of halogens is 4. The Morgan fingerprint density at radius 3 is 2.13 bits per heavy atom. The highest BCUT2D eigenvalue weighted by atomic mass is 35.5. The number of hydrogen-bond donors (Lipinski definition) is 1. The summed E-state index contributed by atoms with van der Waals surface area (Å²) in [7, 11) is 3.15. The zero-order valence-corrected chi connectivity index (χ0v) is 19.3. The van der Waals surface area contributed by atoms with E-state index in [4.69, 9.17) is 60.6 Å². The standard InChI is InChI=1S/C22H19Cl4NO3/c1-28-20-6-4-15(9-19(20)26)27-11-14-8-21(29-2)22(10-17(14)24)30-12-13-3-5-16(23)18(25)7-13/h3-10,27H,11-12H2,1-2H3. The molecule has 0 fully saturated rings. The van der Waals surface area contributed by atoms with Crippen molar-refractivity contribution in [3.63, 3.8) is 0 Å². The molecule has 4 nitrogen and oxygen atoms in total. The third kappa shape index (κ3) is 5.58. The molecule has 0 atom stereocenters. The van der Waals surface area contributed by atoms with Gasteiger partial charge in [0, 0.05) is 23.3 Å². The highest BCUT2D eigenvalue weighted by molar-refractivity contribution is 6.42. The zero-order valence-electron chi connectivity index (χ0n) is 16.3. The molecule has 0 bridgehead atoms. The second kappa shape index (κ2) is 10.4. The van der Waals surface area contributed by atoms with E-state index >= 15 is 0 Å². The van der Waals surface area contributed by atoms with Crippen molar-refractivity contribution in [3.8, 4) is 17.2 Å². The maximum atomic E-state index is 6.47. The minimum Gasteiger partial charge on any atom is -0.495 e. The predicted molar refractivity (Wildman–Crippen MR) is 124 cm³/mol. The summed E-state index contributed by atoms with van der Waals surface area (Å²) in [5.74, 6) is 1.72. The number of ether oxygens (including phenoxy) is 3. The third-order valence-electron chi connectivity index (χ3n) is 4.35. The fourth-order valence-electron chi connectivity index (χ4n) is 2.75. The summed E-state index contributed by atoms with van der Waals surface area (Å²) in [6, 6.07) is 14.4. The Bertz CT molecular complexity index is 1040. The highest BCUT2D eigenvalue weighted by Gasteiger charge is 2.12. The minimum atomic E-state index is 0.297. The fourth-order valence-corrected chi connectivity index (χ4v) is 3.55. The molecule has 3 aromatic rings. The molecule has 0 aromatic heterocycles. The molecule has 8 heteroatoms. The van der Waals surface area contributed by atoms with E-state index < -0.39 is 0 Å². The van der Waals surface area contributed by atoms with Gasteiger partial charge in [-0.1, -0.05) is 52.5 Å². The average Bonchev–Trinajstić information content (AvgIpc) is 2.74. The summed E-state index contributed by atoms with van der Waals surface area (Å²) in [6.45, 7) is 0.774. The van der Waals surface area contributed by atoms with Crippen LogP contribution in [0.15, 0.2) is 48.5 Å². The van der Waals surface area contributed by atoms with Crippen LogP contribution in [0.2, 0.25) is 20.1 Å². The van der Waals surface area contributed by atoms with Crippen molar-refractivity contribution >= 4 is 52.1 Å². The van der Waals surface area contributed by atoms with Crippen LogP contribution in [0, 0.1) is 0 Å². The molecule has 0 aliphatic rings. The van der Waals surface area contributed by atoms with Crippen LogP contribution in [0.25, 0.3) is 0 Å². The van der Waals surface area contributed by atoms with Gasteiger partial charge in [-0.15, -0.1) is 0 Å². The number of methoxy groups -OCH3 is 2. The van der Waals surface area contributed by atoms with E-state index in [9.17, 15) is 0 Å². The Morgan fingerprint density at radius 1 is 0.700 bits per heavy atom. The molecule has 0 saturated heterocycles. The van der Waals surface area contributed by atoms with Gasteiger partial charge in [0.25, 0.3) is 0 Å². The summed E-state index contributed by atoms with van der Waals surface area (Å²) < 4.78 is 16.5. The van der Waals surface area contributed by atoms with E-state index in [0.29, 0.717) is 50.5 Å². The van der Waals surface area contributed by atoms with E-state index in [1.54, 1.807) is 44.6 Å². The summed E-state index contributed by atoms with van der Waals surface area (Å²) in [6.07, 6.45) is 0. The third-order valence-corrected chi connectivity index (χ3v) is 5.73. The van der Waals surface area contributed by atoms with Crippen LogP contribution in [-0.4, -0.2) is 14.2 Å². The Labute approximate surface area is 195 Å². The van der Waals surface area contributed by atoms with Gasteiger partial charge in [0.2, 0.25) is 0 Å². The molecule has 0 radical (unpaired) electrons. The van der Waals surface area contributed by atoms with Crippen LogP contribution < -0.4 is 19.5 Å². The number of rotatable bonds is 8. The predicted octanol–water partition coefficient (Wildman–Crippen LogP) is 7.51. The van der Waals surface area contributed by atoms with Crippen molar-refractivity contribution in [1.82, 2.24) is 0 Å². The topological polar surface area (TPSA) is 39.7 Å². The van der Waals surface area contributed by atoms with Crippen molar-refractivity contribution < 1.29 is 14.2 Å². The Kier molecular flexibility index (Phi) is 7.84. The van der Waals surface area contributed by atoms with E-state index in [1.807, 2.05) is 18.2 Å². The lowest BCUT2D eigenvalue weighted by Gasteiger charge is -2.15. The molecule has 0 spiro atoms. The van der Waals surface area contributed by atoms with Gasteiger partial charge in [0.15, 0.2) is 11.5 Å². The van der Waals surface area contributed by atoms with Gasteiger partial charge in [-0.05, 0) is 47.5 Å². The summed E-state index contributed by atoms with van der Waals surface area (Å²) in [4.78, 5) is 0. The van der Waals surface area contributed by atoms with E-state index in [1.165, 1.54) is 0 Å². The van der Waals surface area contributed by atoms with Crippen molar-refractivity contribution in [3.05, 3.63) is 79.7 Å². The molecule has 0 saturated carbocycles. The molecule has 0 amide bonds. The summed E-state index contributed by atoms with van der Waals surface area (Å²) in [5.41, 5.74) is 2.57. The maximum Gasteiger partial charge on any atom is 0.163 e. The molecule has 158 valence electrons. The Morgan fingerprint density at radius 2 is 1.47 bits per heavy atom. The molecule has 3 rings (SSSR count). The molecule has 3 aromatic carbocycles. The smallest absolute Gasteiger partial charge is 0.163 e. The minimum absolute atomic E-state index is 0.297. The van der Waals surface area contributed by atoms with Crippen LogP contribution >= 0.6 is 46.4 Å². The lowest BCUT2D eigenvalue weighted by molar-refractivity contribution is 0.284. The van der Waals surface area contributed by atoms with Gasteiger partial charge in [-0.25, -0.2) is 0 Å². The molecule has 30 heavy (non-hydrogen) atoms. The van der Waals surface area contributed by atoms with E-state index in [-0.39, 0.29) is 0 Å². The van der Waals surface area contributed by atoms with Crippen LogP contribution in [0.4, 0.5) is 5.69 Å². The average molecular weight is 487 g/mol.